The van der Waals surface area contributed by atoms with Crippen LogP contribution in [0.15, 0.2) is 22.8 Å². The third-order valence-corrected chi connectivity index (χ3v) is 1.21. The Bertz CT molecular complexity index is 230. The van der Waals surface area contributed by atoms with Crippen molar-refractivity contribution in [2.24, 2.45) is 0 Å². The van der Waals surface area contributed by atoms with Gasteiger partial charge in [-0.2, -0.15) is 0 Å². The first-order chi connectivity index (χ1) is 5.20. The van der Waals surface area contributed by atoms with E-state index < -0.39 is 18.6 Å². The maximum atomic E-state index is 12.7. The van der Waals surface area contributed by atoms with Crippen molar-refractivity contribution in [3.63, 3.8) is 0 Å². The summed E-state index contributed by atoms with van der Waals surface area (Å²) < 4.78 is 17.4. The zero-order valence-corrected chi connectivity index (χ0v) is 5.66. The third kappa shape index (κ3) is 2.07. The summed E-state index contributed by atoms with van der Waals surface area (Å²) in [6.45, 7) is 0. The number of halogens is 1. The van der Waals surface area contributed by atoms with Crippen molar-refractivity contribution in [2.75, 3.05) is 0 Å². The van der Waals surface area contributed by atoms with Crippen LogP contribution in [0.3, 0.4) is 0 Å². The Morgan fingerprint density at radius 3 is 3.00 bits per heavy atom. The highest BCUT2D eigenvalue weighted by atomic mass is 19.1. The van der Waals surface area contributed by atoms with E-state index in [1.807, 2.05) is 0 Å². The van der Waals surface area contributed by atoms with Gasteiger partial charge in [0.25, 0.3) is 0 Å². The highest BCUT2D eigenvalue weighted by Gasteiger charge is 2.15. The molecule has 0 saturated carbocycles. The van der Waals surface area contributed by atoms with Crippen LogP contribution in [0.5, 0.6) is 0 Å². The van der Waals surface area contributed by atoms with Gasteiger partial charge >= 0.3 is 5.97 Å². The lowest BCUT2D eigenvalue weighted by Gasteiger charge is -1.98. The average Bonchev–Trinajstić information content (AvgIpc) is 2.35. The Hall–Kier alpha value is -1.32. The molecule has 1 atom stereocenters. The first kappa shape index (κ1) is 7.78. The maximum Gasteiger partial charge on any atom is 0.306 e. The minimum absolute atomic E-state index is 0.0624. The Morgan fingerprint density at radius 2 is 2.55 bits per heavy atom. The molecule has 11 heavy (non-hydrogen) atoms. The van der Waals surface area contributed by atoms with E-state index in [4.69, 9.17) is 5.11 Å². The Labute approximate surface area is 62.4 Å². The van der Waals surface area contributed by atoms with Crippen LogP contribution >= 0.6 is 0 Å². The second-order valence-corrected chi connectivity index (χ2v) is 2.08. The average molecular weight is 158 g/mol. The minimum Gasteiger partial charge on any atom is -0.481 e. The Kier molecular flexibility index (Phi) is 2.25. The van der Waals surface area contributed by atoms with E-state index in [0.717, 1.165) is 0 Å². The van der Waals surface area contributed by atoms with Crippen molar-refractivity contribution < 1.29 is 18.7 Å². The number of alkyl halides is 1. The summed E-state index contributed by atoms with van der Waals surface area (Å²) in [5.41, 5.74) is 0. The molecule has 4 heteroatoms. The van der Waals surface area contributed by atoms with Gasteiger partial charge in [0.05, 0.1) is 12.7 Å². The molecule has 0 aromatic carbocycles. The number of rotatable bonds is 3. The van der Waals surface area contributed by atoms with Crippen LogP contribution in [0.2, 0.25) is 0 Å². The fraction of sp³-hybridized carbons (Fsp3) is 0.286. The molecule has 60 valence electrons. The molecule has 0 amide bonds. The van der Waals surface area contributed by atoms with Gasteiger partial charge in [-0.05, 0) is 12.1 Å². The standard InChI is InChI=1S/C7H7FO3/c8-5(4-7(9)10)6-2-1-3-11-6/h1-3,5H,4H2,(H,9,10). The van der Waals surface area contributed by atoms with Crippen molar-refractivity contribution in [3.8, 4) is 0 Å². The lowest BCUT2D eigenvalue weighted by molar-refractivity contribution is -0.138. The molecule has 0 saturated heterocycles. The lowest BCUT2D eigenvalue weighted by atomic mass is 10.2. The van der Waals surface area contributed by atoms with E-state index in [1.165, 1.54) is 18.4 Å². The van der Waals surface area contributed by atoms with Crippen LogP contribution in [-0.4, -0.2) is 11.1 Å². The summed E-state index contributed by atoms with van der Waals surface area (Å²) in [7, 11) is 0. The van der Waals surface area contributed by atoms with E-state index in [2.05, 4.69) is 4.42 Å². The van der Waals surface area contributed by atoms with Crippen molar-refractivity contribution in [1.82, 2.24) is 0 Å². The molecule has 0 aliphatic carbocycles. The number of aliphatic carboxylic acids is 1. The molecule has 1 heterocycles. The lowest BCUT2D eigenvalue weighted by Crippen LogP contribution is -2.00. The first-order valence-corrected chi connectivity index (χ1v) is 3.09. The van der Waals surface area contributed by atoms with Gasteiger partial charge < -0.3 is 9.52 Å². The summed E-state index contributed by atoms with van der Waals surface area (Å²) in [5, 5.41) is 8.20. The fourth-order valence-electron chi connectivity index (χ4n) is 0.723. The zero-order valence-electron chi connectivity index (χ0n) is 5.66. The second-order valence-electron chi connectivity index (χ2n) is 2.08. The SMILES string of the molecule is O=C(O)CC(F)c1ccco1. The molecule has 0 fully saturated rings. The number of hydrogen-bond acceptors (Lipinski definition) is 2. The van der Waals surface area contributed by atoms with Crippen molar-refractivity contribution >= 4 is 5.97 Å². The molecule has 0 bridgehead atoms. The second kappa shape index (κ2) is 3.18. The topological polar surface area (TPSA) is 50.4 Å². The maximum absolute atomic E-state index is 12.7. The largest absolute Gasteiger partial charge is 0.481 e. The van der Waals surface area contributed by atoms with Crippen molar-refractivity contribution in [1.29, 1.82) is 0 Å². The summed E-state index contributed by atoms with van der Waals surface area (Å²) in [6.07, 6.45) is -0.778. The molecule has 3 nitrogen and oxygen atoms in total. The smallest absolute Gasteiger partial charge is 0.306 e. The quantitative estimate of drug-likeness (QED) is 0.729. The van der Waals surface area contributed by atoms with Crippen LogP contribution < -0.4 is 0 Å². The van der Waals surface area contributed by atoms with Crippen LogP contribution in [0.25, 0.3) is 0 Å². The van der Waals surface area contributed by atoms with E-state index in [0.29, 0.717) is 0 Å². The number of hydrogen-bond donors (Lipinski definition) is 1. The number of carboxylic acid groups (broad SMARTS) is 1. The van der Waals surface area contributed by atoms with Gasteiger partial charge in [-0.3, -0.25) is 4.79 Å². The van der Waals surface area contributed by atoms with E-state index in [9.17, 15) is 9.18 Å². The van der Waals surface area contributed by atoms with Crippen LogP contribution in [0.4, 0.5) is 4.39 Å². The van der Waals surface area contributed by atoms with Gasteiger partial charge in [-0.15, -0.1) is 0 Å². The van der Waals surface area contributed by atoms with Gasteiger partial charge in [0.2, 0.25) is 0 Å². The van der Waals surface area contributed by atoms with E-state index in [1.54, 1.807) is 0 Å². The third-order valence-electron chi connectivity index (χ3n) is 1.21. The van der Waals surface area contributed by atoms with Crippen LogP contribution in [-0.2, 0) is 4.79 Å². The van der Waals surface area contributed by atoms with E-state index in [-0.39, 0.29) is 5.76 Å². The Balaban J connectivity index is 2.56. The normalized spacial score (nSPS) is 12.8. The van der Waals surface area contributed by atoms with Gasteiger partial charge in [0.15, 0.2) is 6.17 Å². The summed E-state index contributed by atoms with van der Waals surface area (Å²) >= 11 is 0. The highest BCUT2D eigenvalue weighted by Crippen LogP contribution is 2.20. The zero-order chi connectivity index (χ0) is 8.27. The molecular weight excluding hydrogens is 151 g/mol. The molecule has 1 rings (SSSR count). The molecule has 0 aliphatic rings. The Morgan fingerprint density at radius 1 is 1.82 bits per heavy atom. The molecule has 1 aromatic heterocycles. The van der Waals surface area contributed by atoms with Gasteiger partial charge in [-0.25, -0.2) is 4.39 Å². The van der Waals surface area contributed by atoms with E-state index >= 15 is 0 Å². The highest BCUT2D eigenvalue weighted by molar-refractivity contribution is 5.67. The molecule has 0 spiro atoms. The minimum atomic E-state index is -1.54. The molecule has 0 radical (unpaired) electrons. The first-order valence-electron chi connectivity index (χ1n) is 3.09. The number of carboxylic acids is 1. The van der Waals surface area contributed by atoms with Crippen molar-refractivity contribution in [3.05, 3.63) is 24.2 Å². The van der Waals surface area contributed by atoms with Crippen molar-refractivity contribution in [2.45, 2.75) is 12.6 Å². The number of carbonyl (C=O) groups is 1. The van der Waals surface area contributed by atoms with Gasteiger partial charge in [-0.1, -0.05) is 0 Å². The summed E-state index contributed by atoms with van der Waals surface area (Å²) in [6, 6.07) is 2.93. The molecular formula is C7H7FO3. The predicted molar refractivity (Wildman–Crippen MR) is 34.8 cm³/mol. The van der Waals surface area contributed by atoms with Gasteiger partial charge in [0.1, 0.15) is 5.76 Å². The molecule has 1 N–H and O–H groups in total. The molecule has 0 aliphatic heterocycles. The monoisotopic (exact) mass is 158 g/mol. The van der Waals surface area contributed by atoms with Crippen LogP contribution in [0.1, 0.15) is 18.4 Å². The van der Waals surface area contributed by atoms with Crippen LogP contribution in [0, 0.1) is 0 Å². The predicted octanol–water partition coefficient (Wildman–Crippen LogP) is 1.76. The molecule has 1 unspecified atom stereocenters. The summed E-state index contributed by atoms with van der Waals surface area (Å²) in [5.74, 6) is -1.11. The molecule has 1 aromatic rings. The van der Waals surface area contributed by atoms with Gasteiger partial charge in [0, 0.05) is 0 Å². The fourth-order valence-corrected chi connectivity index (χ4v) is 0.723. The summed E-state index contributed by atoms with van der Waals surface area (Å²) in [4.78, 5) is 10.0. The number of furan rings is 1.